The molecular weight excluding hydrogens is 607 g/mol. The van der Waals surface area contributed by atoms with E-state index in [0.29, 0.717) is 11.5 Å². The number of amidine groups is 1. The summed E-state index contributed by atoms with van der Waals surface area (Å²) >= 11 is 0. The van der Waals surface area contributed by atoms with Gasteiger partial charge in [-0.2, -0.15) is 0 Å². The average Bonchev–Trinajstić information content (AvgIpc) is 3.23. The van der Waals surface area contributed by atoms with Crippen LogP contribution in [0.3, 0.4) is 0 Å². The highest BCUT2D eigenvalue weighted by molar-refractivity contribution is 6.19. The molecule has 3 nitrogen and oxygen atoms in total. The molecule has 0 saturated heterocycles. The van der Waals surface area contributed by atoms with E-state index in [1.165, 1.54) is 21.5 Å². The second kappa shape index (κ2) is 13.5. The van der Waals surface area contributed by atoms with Crippen molar-refractivity contribution in [2.24, 2.45) is 9.98 Å². The van der Waals surface area contributed by atoms with Crippen LogP contribution in [0.5, 0.6) is 0 Å². The fraction of sp³-hybridized carbons (Fsp3) is 0.0213. The predicted octanol–water partition coefficient (Wildman–Crippen LogP) is 12.1. The molecule has 1 aromatic heterocycles. The van der Waals surface area contributed by atoms with Gasteiger partial charge in [0.15, 0.2) is 5.84 Å². The molecule has 0 spiro atoms. The van der Waals surface area contributed by atoms with Gasteiger partial charge < -0.3 is 4.57 Å². The number of rotatable bonds is 5. The van der Waals surface area contributed by atoms with Crippen molar-refractivity contribution < 1.29 is 0 Å². The number of hydrogen-bond acceptors (Lipinski definition) is 1. The Kier molecular flexibility index (Phi) is 8.30. The first-order valence-corrected chi connectivity index (χ1v) is 16.9. The number of fused-ring (bicyclic) bond motifs is 7. The van der Waals surface area contributed by atoms with Gasteiger partial charge >= 0.3 is 0 Å². The van der Waals surface area contributed by atoms with Gasteiger partial charge in [0.1, 0.15) is 0 Å². The van der Waals surface area contributed by atoms with E-state index in [9.17, 15) is 0 Å². The molecule has 1 heterocycles. The summed E-state index contributed by atoms with van der Waals surface area (Å²) in [5, 5.41) is 7.11. The molecule has 0 aliphatic heterocycles. The van der Waals surface area contributed by atoms with Crippen LogP contribution in [0.25, 0.3) is 54.7 Å². The van der Waals surface area contributed by atoms with Crippen LogP contribution < -0.4 is 0 Å². The van der Waals surface area contributed by atoms with E-state index in [2.05, 4.69) is 145 Å². The number of nitrogens with zero attached hydrogens (tertiary/aromatic N) is 3. The third-order valence-corrected chi connectivity index (χ3v) is 9.19. The van der Waals surface area contributed by atoms with Crippen molar-refractivity contribution in [2.75, 3.05) is 0 Å². The standard InChI is InChI=1S/C47H35N3/c1-33(35-18-5-3-6-19-35)48-47(49-34(2)36-20-7-4-8-21-36)37-22-17-23-38(32-37)50-45-30-15-13-28-43(45)41-26-11-9-24-39(41)40-25-10-12-27-42(40)44-29-14-16-31-46(44)50/h3-32H,1H2,2H3/b48-47-,49-34+. The molecule has 0 radical (unpaired) electrons. The van der Waals surface area contributed by atoms with Gasteiger partial charge in [-0.3, -0.25) is 0 Å². The fourth-order valence-corrected chi connectivity index (χ4v) is 6.77. The Balaban J connectivity index is 1.46. The Morgan fingerprint density at radius 1 is 0.420 bits per heavy atom. The van der Waals surface area contributed by atoms with Crippen LogP contribution >= 0.6 is 0 Å². The molecule has 3 heteroatoms. The van der Waals surface area contributed by atoms with Crippen LogP contribution in [0.2, 0.25) is 0 Å². The summed E-state index contributed by atoms with van der Waals surface area (Å²) in [7, 11) is 0. The maximum Gasteiger partial charge on any atom is 0.160 e. The topological polar surface area (TPSA) is 29.6 Å². The van der Waals surface area contributed by atoms with Gasteiger partial charge in [-0.05, 0) is 63.9 Å². The van der Waals surface area contributed by atoms with Gasteiger partial charge in [-0.1, -0.05) is 164 Å². The molecule has 0 amide bonds. The summed E-state index contributed by atoms with van der Waals surface area (Å²) in [6, 6.07) is 63.7. The summed E-state index contributed by atoms with van der Waals surface area (Å²) in [6.07, 6.45) is 0. The van der Waals surface area contributed by atoms with Crippen LogP contribution in [0.4, 0.5) is 0 Å². The van der Waals surface area contributed by atoms with Crippen LogP contribution in [0.15, 0.2) is 199 Å². The molecule has 238 valence electrons. The largest absolute Gasteiger partial charge is 0.309 e. The lowest BCUT2D eigenvalue weighted by Gasteiger charge is -2.15. The summed E-state index contributed by atoms with van der Waals surface area (Å²) in [4.78, 5) is 10.2. The molecule has 0 aliphatic carbocycles. The molecule has 8 aromatic rings. The molecule has 0 aliphatic rings. The maximum absolute atomic E-state index is 5.15. The lowest BCUT2D eigenvalue weighted by atomic mass is 10.0. The molecule has 7 aromatic carbocycles. The SMILES string of the molecule is C=C(/N=C(\N=C(/C)c1ccccc1)c1cccc(-n2c3ccccc3c3ccccc3c3ccccc3c3ccccc32)c1)c1ccccc1. The van der Waals surface area contributed by atoms with E-state index in [0.717, 1.165) is 49.9 Å². The minimum absolute atomic E-state index is 0.601. The lowest BCUT2D eigenvalue weighted by molar-refractivity contribution is 1.17. The number of benzene rings is 7. The van der Waals surface area contributed by atoms with Gasteiger partial charge in [0.05, 0.1) is 16.7 Å². The minimum Gasteiger partial charge on any atom is -0.309 e. The van der Waals surface area contributed by atoms with Crippen molar-refractivity contribution in [1.82, 2.24) is 4.57 Å². The Morgan fingerprint density at radius 3 is 1.38 bits per heavy atom. The van der Waals surface area contributed by atoms with Crippen molar-refractivity contribution in [2.45, 2.75) is 6.92 Å². The van der Waals surface area contributed by atoms with Crippen molar-refractivity contribution >= 4 is 60.6 Å². The summed E-state index contributed by atoms with van der Waals surface area (Å²) in [5.74, 6) is 0.601. The molecule has 50 heavy (non-hydrogen) atoms. The maximum atomic E-state index is 5.15. The van der Waals surface area contributed by atoms with Crippen molar-refractivity contribution in [3.8, 4) is 5.69 Å². The van der Waals surface area contributed by atoms with Crippen LogP contribution in [0.1, 0.15) is 23.6 Å². The van der Waals surface area contributed by atoms with Crippen molar-refractivity contribution in [1.29, 1.82) is 0 Å². The number of aromatic nitrogens is 1. The molecular formula is C47H35N3. The zero-order chi connectivity index (χ0) is 33.9. The minimum atomic E-state index is 0.601. The summed E-state index contributed by atoms with van der Waals surface area (Å²) in [6.45, 7) is 6.38. The van der Waals surface area contributed by atoms with E-state index in [-0.39, 0.29) is 0 Å². The van der Waals surface area contributed by atoms with Gasteiger partial charge in [-0.25, -0.2) is 9.98 Å². The summed E-state index contributed by atoms with van der Waals surface area (Å²) < 4.78 is 2.38. The molecule has 0 saturated carbocycles. The van der Waals surface area contributed by atoms with E-state index >= 15 is 0 Å². The Bertz CT molecular complexity index is 2560. The Hall–Kier alpha value is -6.58. The second-order valence-electron chi connectivity index (χ2n) is 12.3. The van der Waals surface area contributed by atoms with E-state index in [1.807, 2.05) is 55.5 Å². The third-order valence-electron chi connectivity index (χ3n) is 9.19. The fourth-order valence-electron chi connectivity index (χ4n) is 6.77. The van der Waals surface area contributed by atoms with Crippen LogP contribution in [0, 0.1) is 0 Å². The van der Waals surface area contributed by atoms with Crippen LogP contribution in [-0.4, -0.2) is 16.1 Å². The first-order chi connectivity index (χ1) is 24.7. The first-order valence-electron chi connectivity index (χ1n) is 16.9. The summed E-state index contributed by atoms with van der Waals surface area (Å²) in [5.41, 5.74) is 7.61. The van der Waals surface area contributed by atoms with E-state index < -0.39 is 0 Å². The normalized spacial score (nSPS) is 12.0. The van der Waals surface area contributed by atoms with Crippen molar-refractivity contribution in [3.05, 3.63) is 205 Å². The van der Waals surface area contributed by atoms with Gasteiger partial charge in [-0.15, -0.1) is 0 Å². The monoisotopic (exact) mass is 641 g/mol. The van der Waals surface area contributed by atoms with Crippen LogP contribution in [-0.2, 0) is 0 Å². The predicted molar refractivity (Wildman–Crippen MR) is 214 cm³/mol. The van der Waals surface area contributed by atoms with Gasteiger partial charge in [0.2, 0.25) is 0 Å². The number of aliphatic imine (C=N–C) groups is 2. The second-order valence-corrected chi connectivity index (χ2v) is 12.3. The highest BCUT2D eigenvalue weighted by atomic mass is 15.0. The Labute approximate surface area is 292 Å². The molecule has 0 N–H and O–H groups in total. The van der Waals surface area contributed by atoms with E-state index in [4.69, 9.17) is 9.98 Å². The Morgan fingerprint density at radius 2 is 0.840 bits per heavy atom. The van der Waals surface area contributed by atoms with Gasteiger partial charge in [0, 0.05) is 27.7 Å². The third kappa shape index (κ3) is 5.86. The molecule has 0 atom stereocenters. The zero-order valence-corrected chi connectivity index (χ0v) is 27.9. The molecule has 0 fully saturated rings. The quantitative estimate of drug-likeness (QED) is 0.132. The lowest BCUT2D eigenvalue weighted by Crippen LogP contribution is -2.06. The van der Waals surface area contributed by atoms with E-state index in [1.54, 1.807) is 0 Å². The van der Waals surface area contributed by atoms with Gasteiger partial charge in [0.25, 0.3) is 0 Å². The highest BCUT2D eigenvalue weighted by Gasteiger charge is 2.13. The van der Waals surface area contributed by atoms with Crippen molar-refractivity contribution in [3.63, 3.8) is 0 Å². The first kappa shape index (κ1) is 30.7. The smallest absolute Gasteiger partial charge is 0.160 e. The molecule has 0 unspecified atom stereocenters. The molecule has 8 rings (SSSR count). The average molecular weight is 642 g/mol. The molecule has 0 bridgehead atoms. The zero-order valence-electron chi connectivity index (χ0n) is 27.9. The number of para-hydroxylation sites is 2. The highest BCUT2D eigenvalue weighted by Crippen LogP contribution is 2.34. The number of hydrogen-bond donors (Lipinski definition) is 0.